The number of ether oxygens (including phenoxy) is 1. The molecule has 8 nitrogen and oxygen atoms in total. The molecule has 0 saturated carbocycles. The first-order valence-corrected chi connectivity index (χ1v) is 10.8. The first kappa shape index (κ1) is 23.1. The topological polar surface area (TPSA) is 105 Å². The Kier molecular flexibility index (Phi) is 7.23. The zero-order chi connectivity index (χ0) is 22.7. The maximum atomic E-state index is 11.5. The minimum atomic E-state index is -1.06. The summed E-state index contributed by atoms with van der Waals surface area (Å²) in [4.78, 5) is 33.7. The number of anilines is 1. The number of nitrogens with one attached hydrogen (secondary N) is 1. The zero-order valence-electron chi connectivity index (χ0n) is 17.5. The Labute approximate surface area is 190 Å². The van der Waals surface area contributed by atoms with Crippen molar-refractivity contribution in [3.05, 3.63) is 39.6 Å². The number of carbonyl (C=O) groups excluding carboxylic acids is 1. The van der Waals surface area contributed by atoms with Gasteiger partial charge in [0, 0.05) is 24.1 Å². The summed E-state index contributed by atoms with van der Waals surface area (Å²) in [5.41, 5.74) is 2.86. The highest BCUT2D eigenvalue weighted by atomic mass is 35.5. The number of carboxylic acid groups (broad SMARTS) is 1. The maximum absolute atomic E-state index is 11.5. The van der Waals surface area contributed by atoms with E-state index in [2.05, 4.69) is 5.32 Å². The molecule has 3 rings (SSSR count). The fourth-order valence-corrected chi connectivity index (χ4v) is 4.09. The summed E-state index contributed by atoms with van der Waals surface area (Å²) >= 11 is 12.4. The lowest BCUT2D eigenvalue weighted by Crippen LogP contribution is -2.36. The number of benzene rings is 1. The van der Waals surface area contributed by atoms with Gasteiger partial charge < -0.3 is 20.1 Å². The molecule has 10 heteroatoms. The van der Waals surface area contributed by atoms with E-state index in [0.717, 1.165) is 11.3 Å². The molecule has 2 N–H and O–H groups in total. The first-order valence-electron chi connectivity index (χ1n) is 10.00. The van der Waals surface area contributed by atoms with Gasteiger partial charge in [0.1, 0.15) is 11.9 Å². The molecule has 166 valence electrons. The third-order valence-corrected chi connectivity index (χ3v) is 5.62. The van der Waals surface area contributed by atoms with Gasteiger partial charge in [0.25, 0.3) is 0 Å². The smallest absolute Gasteiger partial charge is 0.407 e. The van der Waals surface area contributed by atoms with Gasteiger partial charge in [0.15, 0.2) is 0 Å². The van der Waals surface area contributed by atoms with Crippen molar-refractivity contribution in [3.63, 3.8) is 0 Å². The average Bonchev–Trinajstić information content (AvgIpc) is 3.10. The predicted octanol–water partition coefficient (Wildman–Crippen LogP) is 4.28. The molecule has 1 aromatic heterocycles. The summed E-state index contributed by atoms with van der Waals surface area (Å²) in [6.45, 7) is 5.49. The van der Waals surface area contributed by atoms with Crippen molar-refractivity contribution in [2.24, 2.45) is 0 Å². The molecule has 1 fully saturated rings. The molecule has 0 aliphatic carbocycles. The van der Waals surface area contributed by atoms with Crippen molar-refractivity contribution >= 4 is 41.1 Å². The van der Waals surface area contributed by atoms with Gasteiger partial charge in [0.2, 0.25) is 0 Å². The third-order valence-electron chi connectivity index (χ3n) is 5.07. The van der Waals surface area contributed by atoms with Gasteiger partial charge in [-0.3, -0.25) is 4.79 Å². The number of likely N-dealkylation sites (tertiary alicyclic amines) is 1. The van der Waals surface area contributed by atoms with Gasteiger partial charge in [-0.1, -0.05) is 37.0 Å². The summed E-state index contributed by atoms with van der Waals surface area (Å²) in [6, 6.07) is 4.80. The van der Waals surface area contributed by atoms with E-state index in [1.54, 1.807) is 12.1 Å². The molecule has 2 aromatic rings. The Morgan fingerprint density at radius 3 is 2.48 bits per heavy atom. The van der Waals surface area contributed by atoms with E-state index >= 15 is 0 Å². The molecular weight excluding hydrogens is 443 g/mol. The Balaban J connectivity index is 1.97. The van der Waals surface area contributed by atoms with Gasteiger partial charge in [-0.25, -0.2) is 14.8 Å². The summed E-state index contributed by atoms with van der Waals surface area (Å²) in [5, 5.41) is 13.6. The normalized spacial score (nSPS) is 18.2. The number of hydrogen-bond donors (Lipinski definition) is 2. The van der Waals surface area contributed by atoms with E-state index in [9.17, 15) is 14.7 Å². The molecule has 0 spiro atoms. The number of aryl methyl sites for hydroxylation is 2. The molecule has 1 aliphatic rings. The van der Waals surface area contributed by atoms with Crippen molar-refractivity contribution in [3.8, 4) is 11.3 Å². The number of amides is 1. The minimum absolute atomic E-state index is 0.0978. The maximum Gasteiger partial charge on any atom is 0.407 e. The molecule has 2 atom stereocenters. The third kappa shape index (κ3) is 5.19. The summed E-state index contributed by atoms with van der Waals surface area (Å²) < 4.78 is 5.34. The molecule has 0 radical (unpaired) electrons. The molecule has 1 aliphatic heterocycles. The molecule has 1 aromatic carbocycles. The van der Waals surface area contributed by atoms with Crippen LogP contribution in [-0.2, 0) is 22.4 Å². The standard InChI is InChI=1S/C21H24Cl2N4O4/c1-4-15-19(13-7-6-12(22)8-14(13)23)24-16(5-2)20(25-15)26-17-9-27(21(29)30)10-18(17)31-11(3)28/h6-8,17-18H,4-5,9-10H2,1-3H3,(H,25,26)(H,29,30)/t17-,18+/m1/s1. The van der Waals surface area contributed by atoms with E-state index in [0.29, 0.717) is 40.1 Å². The van der Waals surface area contributed by atoms with E-state index in [1.165, 1.54) is 11.8 Å². The van der Waals surface area contributed by atoms with Gasteiger partial charge in [-0.05, 0) is 31.0 Å². The molecule has 1 saturated heterocycles. The number of aromatic nitrogens is 2. The number of halogens is 2. The van der Waals surface area contributed by atoms with Crippen molar-refractivity contribution in [2.75, 3.05) is 18.4 Å². The quantitative estimate of drug-likeness (QED) is 0.611. The number of rotatable bonds is 6. The predicted molar refractivity (Wildman–Crippen MR) is 119 cm³/mol. The van der Waals surface area contributed by atoms with Gasteiger partial charge >= 0.3 is 12.1 Å². The van der Waals surface area contributed by atoms with Crippen LogP contribution in [0.2, 0.25) is 10.0 Å². The second kappa shape index (κ2) is 9.70. The van der Waals surface area contributed by atoms with Gasteiger partial charge in [0.05, 0.1) is 34.7 Å². The lowest BCUT2D eigenvalue weighted by atomic mass is 10.1. The summed E-state index contributed by atoms with van der Waals surface area (Å²) in [5.74, 6) is 0.0791. The molecule has 31 heavy (non-hydrogen) atoms. The fraction of sp³-hybridized carbons (Fsp3) is 0.429. The lowest BCUT2D eigenvalue weighted by Gasteiger charge is -2.22. The van der Waals surface area contributed by atoms with Crippen LogP contribution in [0.1, 0.15) is 32.2 Å². The highest BCUT2D eigenvalue weighted by molar-refractivity contribution is 6.36. The highest BCUT2D eigenvalue weighted by Gasteiger charge is 2.38. The van der Waals surface area contributed by atoms with Crippen molar-refractivity contribution in [1.29, 1.82) is 0 Å². The van der Waals surface area contributed by atoms with Crippen LogP contribution in [0.15, 0.2) is 18.2 Å². The van der Waals surface area contributed by atoms with Crippen LogP contribution < -0.4 is 5.32 Å². The Bertz CT molecular complexity index is 1000. The number of esters is 1. The Morgan fingerprint density at radius 1 is 1.19 bits per heavy atom. The number of nitrogens with zero attached hydrogens (tertiary/aromatic N) is 3. The molecule has 2 heterocycles. The van der Waals surface area contributed by atoms with Crippen molar-refractivity contribution in [2.45, 2.75) is 45.8 Å². The first-order chi connectivity index (χ1) is 14.7. The molecule has 1 amide bonds. The minimum Gasteiger partial charge on any atom is -0.465 e. The van der Waals surface area contributed by atoms with Crippen molar-refractivity contribution < 1.29 is 19.4 Å². The van der Waals surface area contributed by atoms with E-state index in [-0.39, 0.29) is 13.1 Å². The van der Waals surface area contributed by atoms with Crippen LogP contribution >= 0.6 is 23.2 Å². The van der Waals surface area contributed by atoms with E-state index in [1.807, 2.05) is 19.9 Å². The van der Waals surface area contributed by atoms with Gasteiger partial charge in [-0.15, -0.1) is 0 Å². The molecule has 0 bridgehead atoms. The second-order valence-corrected chi connectivity index (χ2v) is 8.08. The zero-order valence-corrected chi connectivity index (χ0v) is 19.0. The summed E-state index contributed by atoms with van der Waals surface area (Å²) in [7, 11) is 0. The molecule has 0 unspecified atom stereocenters. The van der Waals surface area contributed by atoms with Crippen LogP contribution in [0.5, 0.6) is 0 Å². The lowest BCUT2D eigenvalue weighted by molar-refractivity contribution is -0.145. The molecular formula is C21H24Cl2N4O4. The van der Waals surface area contributed by atoms with Crippen LogP contribution in [0, 0.1) is 0 Å². The monoisotopic (exact) mass is 466 g/mol. The van der Waals surface area contributed by atoms with Crippen LogP contribution in [0.25, 0.3) is 11.3 Å². The number of hydrogen-bond acceptors (Lipinski definition) is 6. The Morgan fingerprint density at radius 2 is 1.90 bits per heavy atom. The van der Waals surface area contributed by atoms with Crippen LogP contribution in [-0.4, -0.2) is 57.3 Å². The fourth-order valence-electron chi connectivity index (χ4n) is 3.59. The van der Waals surface area contributed by atoms with Gasteiger partial charge in [-0.2, -0.15) is 0 Å². The van der Waals surface area contributed by atoms with E-state index < -0.39 is 24.2 Å². The Hall–Kier alpha value is -2.58. The SMILES string of the molecule is CCc1nc(-c2ccc(Cl)cc2Cl)c(CC)nc1N[C@@H]1CN(C(=O)O)C[C@@H]1OC(C)=O. The van der Waals surface area contributed by atoms with Crippen LogP contribution in [0.3, 0.4) is 0 Å². The highest BCUT2D eigenvalue weighted by Crippen LogP contribution is 2.33. The second-order valence-electron chi connectivity index (χ2n) is 7.23. The largest absolute Gasteiger partial charge is 0.465 e. The summed E-state index contributed by atoms with van der Waals surface area (Å²) in [6.07, 6.45) is -0.481. The van der Waals surface area contributed by atoms with E-state index in [4.69, 9.17) is 37.9 Å². The van der Waals surface area contributed by atoms with Crippen molar-refractivity contribution in [1.82, 2.24) is 14.9 Å². The van der Waals surface area contributed by atoms with Crippen LogP contribution in [0.4, 0.5) is 10.6 Å². The number of carbonyl (C=O) groups is 2. The average molecular weight is 467 g/mol.